The second-order valence-corrected chi connectivity index (χ2v) is 5.72. The monoisotopic (exact) mass is 351 g/mol. The Morgan fingerprint density at radius 3 is 2.46 bits per heavy atom. The molecule has 126 valence electrons. The molecular formula is C16H15ClFN3O3. The van der Waals surface area contributed by atoms with Crippen LogP contribution in [0.15, 0.2) is 41.0 Å². The smallest absolute Gasteiger partial charge is 0.322 e. The normalized spacial score (nSPS) is 14.6. The van der Waals surface area contributed by atoms with E-state index in [-0.39, 0.29) is 22.7 Å². The van der Waals surface area contributed by atoms with Gasteiger partial charge in [-0.25, -0.2) is 9.18 Å². The number of hydrogen-bond donors (Lipinski definition) is 1. The summed E-state index contributed by atoms with van der Waals surface area (Å²) < 4.78 is 18.1. The third kappa shape index (κ3) is 3.51. The summed E-state index contributed by atoms with van der Waals surface area (Å²) in [6.07, 6.45) is 1.45. The van der Waals surface area contributed by atoms with Gasteiger partial charge in [-0.2, -0.15) is 0 Å². The van der Waals surface area contributed by atoms with E-state index in [1.54, 1.807) is 21.9 Å². The Bertz CT molecular complexity index is 743. The molecule has 2 heterocycles. The van der Waals surface area contributed by atoms with Crippen molar-refractivity contribution >= 4 is 29.2 Å². The molecule has 1 N–H and O–H groups in total. The standard InChI is InChI=1S/C16H15ClFN3O3/c17-12-10-11(18)3-4-13(12)19-16(23)21-7-5-20(6-8-21)15(22)14-2-1-9-24-14/h1-4,9-10H,5-8H2,(H,19,23). The second kappa shape index (κ2) is 6.92. The third-order valence-electron chi connectivity index (χ3n) is 3.76. The molecule has 1 aliphatic rings. The Hall–Kier alpha value is -2.54. The lowest BCUT2D eigenvalue weighted by Gasteiger charge is -2.34. The van der Waals surface area contributed by atoms with Crippen molar-refractivity contribution in [2.24, 2.45) is 0 Å². The Morgan fingerprint density at radius 2 is 1.83 bits per heavy atom. The van der Waals surface area contributed by atoms with Gasteiger partial charge in [0.2, 0.25) is 0 Å². The summed E-state index contributed by atoms with van der Waals surface area (Å²) in [6, 6.07) is 6.69. The lowest BCUT2D eigenvalue weighted by molar-refractivity contribution is 0.0640. The molecule has 8 heteroatoms. The summed E-state index contributed by atoms with van der Waals surface area (Å²) in [5.41, 5.74) is 0.345. The van der Waals surface area contributed by atoms with Crippen LogP contribution in [0.25, 0.3) is 0 Å². The third-order valence-corrected chi connectivity index (χ3v) is 4.07. The molecule has 1 aromatic heterocycles. The first-order chi connectivity index (χ1) is 11.5. The lowest BCUT2D eigenvalue weighted by Crippen LogP contribution is -2.51. The predicted octanol–water partition coefficient (Wildman–Crippen LogP) is 3.06. The number of benzene rings is 1. The van der Waals surface area contributed by atoms with Crippen LogP contribution in [0.1, 0.15) is 10.6 Å². The van der Waals surface area contributed by atoms with Gasteiger partial charge in [0.15, 0.2) is 5.76 Å². The number of carbonyl (C=O) groups is 2. The first kappa shape index (κ1) is 16.3. The van der Waals surface area contributed by atoms with Gasteiger partial charge in [0.25, 0.3) is 5.91 Å². The molecule has 3 amide bonds. The highest BCUT2D eigenvalue weighted by atomic mass is 35.5. The largest absolute Gasteiger partial charge is 0.459 e. The Labute approximate surface area is 142 Å². The van der Waals surface area contributed by atoms with Crippen LogP contribution in [0, 0.1) is 5.82 Å². The van der Waals surface area contributed by atoms with Crippen molar-refractivity contribution in [1.82, 2.24) is 9.80 Å². The Morgan fingerprint density at radius 1 is 1.12 bits per heavy atom. The van der Waals surface area contributed by atoms with E-state index < -0.39 is 5.82 Å². The summed E-state index contributed by atoms with van der Waals surface area (Å²) in [4.78, 5) is 27.6. The van der Waals surface area contributed by atoms with Gasteiger partial charge >= 0.3 is 6.03 Å². The van der Waals surface area contributed by atoms with Crippen LogP contribution in [-0.4, -0.2) is 47.9 Å². The van der Waals surface area contributed by atoms with Crippen LogP contribution < -0.4 is 5.32 Å². The summed E-state index contributed by atoms with van der Waals surface area (Å²) >= 11 is 5.90. The van der Waals surface area contributed by atoms with E-state index in [1.165, 1.54) is 18.4 Å². The number of halogens is 2. The number of rotatable bonds is 2. The molecule has 24 heavy (non-hydrogen) atoms. The zero-order chi connectivity index (χ0) is 17.1. The number of anilines is 1. The molecule has 0 bridgehead atoms. The average Bonchev–Trinajstić information content (AvgIpc) is 3.11. The molecule has 0 spiro atoms. The molecule has 0 saturated carbocycles. The van der Waals surface area contributed by atoms with Crippen LogP contribution in [0.4, 0.5) is 14.9 Å². The number of amides is 3. The maximum atomic E-state index is 13.0. The van der Waals surface area contributed by atoms with Crippen LogP contribution in [-0.2, 0) is 0 Å². The fourth-order valence-electron chi connectivity index (χ4n) is 2.45. The van der Waals surface area contributed by atoms with Gasteiger partial charge in [-0.1, -0.05) is 11.6 Å². The number of furan rings is 1. The number of hydrogen-bond acceptors (Lipinski definition) is 3. The van der Waals surface area contributed by atoms with Crippen LogP contribution in [0.5, 0.6) is 0 Å². The van der Waals surface area contributed by atoms with Crippen LogP contribution in [0.3, 0.4) is 0 Å². The molecule has 2 aromatic rings. The molecule has 0 atom stereocenters. The zero-order valence-electron chi connectivity index (χ0n) is 12.7. The summed E-state index contributed by atoms with van der Waals surface area (Å²) in [6.45, 7) is 1.59. The van der Waals surface area contributed by atoms with E-state index in [9.17, 15) is 14.0 Å². The van der Waals surface area contributed by atoms with Gasteiger partial charge in [0, 0.05) is 26.2 Å². The molecule has 3 rings (SSSR count). The van der Waals surface area contributed by atoms with E-state index in [1.807, 2.05) is 0 Å². The molecule has 1 aromatic carbocycles. The van der Waals surface area contributed by atoms with E-state index in [4.69, 9.17) is 16.0 Å². The number of nitrogens with zero attached hydrogens (tertiary/aromatic N) is 2. The second-order valence-electron chi connectivity index (χ2n) is 5.31. The van der Waals surface area contributed by atoms with Crippen molar-refractivity contribution in [3.63, 3.8) is 0 Å². The highest BCUT2D eigenvalue weighted by Gasteiger charge is 2.26. The predicted molar refractivity (Wildman–Crippen MR) is 86.6 cm³/mol. The number of nitrogens with one attached hydrogen (secondary N) is 1. The molecule has 1 saturated heterocycles. The highest BCUT2D eigenvalue weighted by molar-refractivity contribution is 6.33. The molecule has 0 radical (unpaired) electrons. The van der Waals surface area contributed by atoms with E-state index >= 15 is 0 Å². The highest BCUT2D eigenvalue weighted by Crippen LogP contribution is 2.23. The van der Waals surface area contributed by atoms with Gasteiger partial charge in [0.05, 0.1) is 17.0 Å². The van der Waals surface area contributed by atoms with Gasteiger partial charge in [-0.3, -0.25) is 4.79 Å². The van der Waals surface area contributed by atoms with E-state index in [0.29, 0.717) is 31.9 Å². The average molecular weight is 352 g/mol. The van der Waals surface area contributed by atoms with E-state index in [0.717, 1.165) is 6.07 Å². The first-order valence-electron chi connectivity index (χ1n) is 7.38. The minimum atomic E-state index is -0.469. The summed E-state index contributed by atoms with van der Waals surface area (Å²) in [5, 5.41) is 2.78. The number of urea groups is 1. The number of carbonyl (C=O) groups excluding carboxylic acids is 2. The minimum Gasteiger partial charge on any atom is -0.459 e. The molecule has 1 aliphatic heterocycles. The van der Waals surface area contributed by atoms with Crippen molar-refractivity contribution in [3.8, 4) is 0 Å². The topological polar surface area (TPSA) is 65.8 Å². The fourth-order valence-corrected chi connectivity index (χ4v) is 2.67. The zero-order valence-corrected chi connectivity index (χ0v) is 13.4. The lowest BCUT2D eigenvalue weighted by atomic mass is 10.3. The Balaban J connectivity index is 1.56. The van der Waals surface area contributed by atoms with Gasteiger partial charge < -0.3 is 19.5 Å². The first-order valence-corrected chi connectivity index (χ1v) is 7.76. The van der Waals surface area contributed by atoms with Crippen LogP contribution >= 0.6 is 11.6 Å². The Kier molecular flexibility index (Phi) is 4.71. The van der Waals surface area contributed by atoms with Crippen molar-refractivity contribution in [2.75, 3.05) is 31.5 Å². The summed E-state index contributed by atoms with van der Waals surface area (Å²) in [7, 11) is 0. The molecule has 1 fully saturated rings. The molecule has 0 unspecified atom stereocenters. The SMILES string of the molecule is O=C(Nc1ccc(F)cc1Cl)N1CCN(C(=O)c2ccco2)CC1. The van der Waals surface area contributed by atoms with Crippen LogP contribution in [0.2, 0.25) is 5.02 Å². The van der Waals surface area contributed by atoms with E-state index in [2.05, 4.69) is 5.32 Å². The number of piperazine rings is 1. The molecule has 6 nitrogen and oxygen atoms in total. The maximum absolute atomic E-state index is 13.0. The van der Waals surface area contributed by atoms with Gasteiger partial charge in [-0.15, -0.1) is 0 Å². The van der Waals surface area contributed by atoms with Crippen molar-refractivity contribution in [2.45, 2.75) is 0 Å². The minimum absolute atomic E-state index is 0.134. The quantitative estimate of drug-likeness (QED) is 0.904. The summed E-state index contributed by atoms with van der Waals surface area (Å²) in [5.74, 6) is -0.379. The molecule has 0 aliphatic carbocycles. The maximum Gasteiger partial charge on any atom is 0.322 e. The van der Waals surface area contributed by atoms with Crippen molar-refractivity contribution < 1.29 is 18.4 Å². The van der Waals surface area contributed by atoms with Crippen molar-refractivity contribution in [1.29, 1.82) is 0 Å². The van der Waals surface area contributed by atoms with Gasteiger partial charge in [0.1, 0.15) is 5.82 Å². The van der Waals surface area contributed by atoms with Crippen molar-refractivity contribution in [3.05, 3.63) is 53.2 Å². The van der Waals surface area contributed by atoms with Gasteiger partial charge in [-0.05, 0) is 30.3 Å². The fraction of sp³-hybridized carbons (Fsp3) is 0.250. The molecular weight excluding hydrogens is 337 g/mol.